The Bertz CT molecular complexity index is 1100. The minimum Gasteiger partial charge on any atom is -0.322 e. The van der Waals surface area contributed by atoms with Crippen molar-refractivity contribution < 1.29 is 4.58 Å². The second-order valence-electron chi connectivity index (χ2n) is 9.06. The van der Waals surface area contributed by atoms with E-state index in [4.69, 9.17) is 4.99 Å². The molecule has 0 amide bonds. The van der Waals surface area contributed by atoms with Crippen molar-refractivity contribution >= 4 is 11.9 Å². The van der Waals surface area contributed by atoms with E-state index in [1.165, 1.54) is 16.7 Å². The largest absolute Gasteiger partial charge is 0.393 e. The predicted octanol–water partition coefficient (Wildman–Crippen LogP) is 4.39. The lowest BCUT2D eigenvalue weighted by Crippen LogP contribution is -2.33. The van der Waals surface area contributed by atoms with Crippen molar-refractivity contribution in [3.63, 3.8) is 0 Å². The molecular formula is C28H32N5+. The lowest BCUT2D eigenvalue weighted by molar-refractivity contribution is -0.533. The summed E-state index contributed by atoms with van der Waals surface area (Å²) in [5, 5.41) is 0. The summed E-state index contributed by atoms with van der Waals surface area (Å²) >= 11 is 0. The lowest BCUT2D eigenvalue weighted by Gasteiger charge is -2.26. The molecule has 3 aromatic rings. The maximum atomic E-state index is 5.26. The first kappa shape index (κ1) is 21.3. The van der Waals surface area contributed by atoms with Crippen LogP contribution in [0.2, 0.25) is 0 Å². The molecule has 5 heteroatoms. The van der Waals surface area contributed by atoms with Crippen LogP contribution in [0.25, 0.3) is 0 Å². The maximum absolute atomic E-state index is 5.26. The van der Waals surface area contributed by atoms with Crippen LogP contribution in [0.5, 0.6) is 0 Å². The fourth-order valence-electron chi connectivity index (χ4n) is 5.32. The Labute approximate surface area is 196 Å². The van der Waals surface area contributed by atoms with Crippen LogP contribution in [0.4, 0.5) is 0 Å². The van der Waals surface area contributed by atoms with E-state index in [2.05, 4.69) is 138 Å². The molecule has 0 spiro atoms. The minimum atomic E-state index is 0.180. The van der Waals surface area contributed by atoms with Gasteiger partial charge in [-0.05, 0) is 21.7 Å². The van der Waals surface area contributed by atoms with E-state index in [9.17, 15) is 0 Å². The van der Waals surface area contributed by atoms with Gasteiger partial charge >= 0.3 is 5.96 Å². The van der Waals surface area contributed by atoms with Gasteiger partial charge in [0.1, 0.15) is 12.6 Å². The normalized spacial score (nSPS) is 24.3. The van der Waals surface area contributed by atoms with E-state index in [1.54, 1.807) is 0 Å². The molecule has 0 bridgehead atoms. The van der Waals surface area contributed by atoms with Crippen molar-refractivity contribution in [2.24, 2.45) is 4.99 Å². The van der Waals surface area contributed by atoms with E-state index in [-0.39, 0.29) is 12.1 Å². The van der Waals surface area contributed by atoms with Crippen molar-refractivity contribution in [1.29, 1.82) is 0 Å². The minimum absolute atomic E-state index is 0.180. The number of benzene rings is 3. The van der Waals surface area contributed by atoms with Crippen LogP contribution in [-0.4, -0.2) is 65.9 Å². The zero-order valence-electron chi connectivity index (χ0n) is 19.8. The highest BCUT2D eigenvalue weighted by Gasteiger charge is 2.45. The predicted molar refractivity (Wildman–Crippen MR) is 134 cm³/mol. The Hall–Kier alpha value is -3.60. The quantitative estimate of drug-likeness (QED) is 0.567. The molecule has 0 radical (unpaired) electrons. The zero-order valence-corrected chi connectivity index (χ0v) is 19.8. The highest BCUT2D eigenvalue weighted by Crippen LogP contribution is 2.43. The van der Waals surface area contributed by atoms with E-state index >= 15 is 0 Å². The van der Waals surface area contributed by atoms with Crippen LogP contribution >= 0.6 is 0 Å². The molecule has 5 rings (SSSR count). The Morgan fingerprint density at radius 1 is 0.667 bits per heavy atom. The third-order valence-electron chi connectivity index (χ3n) is 7.00. The Morgan fingerprint density at radius 2 is 1.09 bits per heavy atom. The van der Waals surface area contributed by atoms with Crippen molar-refractivity contribution in [1.82, 2.24) is 14.7 Å². The van der Waals surface area contributed by atoms with Gasteiger partial charge in [0.25, 0.3) is 5.96 Å². The van der Waals surface area contributed by atoms with Gasteiger partial charge < -0.3 is 9.80 Å². The number of likely N-dealkylation sites (N-methyl/N-ethyl adjacent to an activating group) is 4. The van der Waals surface area contributed by atoms with Crippen LogP contribution in [0.1, 0.15) is 34.8 Å². The second-order valence-corrected chi connectivity index (χ2v) is 9.06. The smallest absolute Gasteiger partial charge is 0.322 e. The van der Waals surface area contributed by atoms with Crippen LogP contribution < -0.4 is 0 Å². The average Bonchev–Trinajstić information content (AvgIpc) is 3.28. The van der Waals surface area contributed by atoms with Gasteiger partial charge in [0.05, 0.1) is 26.2 Å². The fraction of sp³-hybridized carbons (Fsp3) is 0.286. The molecule has 0 N–H and O–H groups in total. The van der Waals surface area contributed by atoms with Crippen molar-refractivity contribution in [3.05, 3.63) is 108 Å². The fourth-order valence-corrected chi connectivity index (χ4v) is 5.32. The van der Waals surface area contributed by atoms with Gasteiger partial charge in [-0.25, -0.2) is 0 Å². The number of rotatable bonds is 3. The molecule has 3 aromatic carbocycles. The van der Waals surface area contributed by atoms with E-state index < -0.39 is 0 Å². The molecule has 2 aliphatic heterocycles. The molecule has 5 nitrogen and oxygen atoms in total. The van der Waals surface area contributed by atoms with Gasteiger partial charge in [0.15, 0.2) is 0 Å². The number of aliphatic imine (C=N–C) groups is 1. The third-order valence-corrected chi connectivity index (χ3v) is 7.00. The molecule has 168 valence electrons. The molecule has 2 heterocycles. The standard InChI is InChI=1S/C28H32N5/c1-30-20-24(21-14-8-5-9-15-21)31(2)27(30)29-28-32(3)25(22-16-10-6-11-17-22)26(33(28)4)23-18-12-7-13-19-23/h5-19,24-26H,20H2,1-4H3/q+1/t24?,25-,26?/m1/s1. The van der Waals surface area contributed by atoms with Gasteiger partial charge in [-0.3, -0.25) is 9.48 Å². The van der Waals surface area contributed by atoms with Gasteiger partial charge in [-0.1, -0.05) is 91.0 Å². The summed E-state index contributed by atoms with van der Waals surface area (Å²) in [4.78, 5) is 12.2. The van der Waals surface area contributed by atoms with Crippen LogP contribution in [0, 0.1) is 0 Å². The summed E-state index contributed by atoms with van der Waals surface area (Å²) < 4.78 is 2.30. The van der Waals surface area contributed by atoms with Crippen LogP contribution in [-0.2, 0) is 0 Å². The summed E-state index contributed by atoms with van der Waals surface area (Å²) in [6, 6.07) is 32.9. The molecular weight excluding hydrogens is 406 g/mol. The first-order valence-corrected chi connectivity index (χ1v) is 11.6. The summed E-state index contributed by atoms with van der Waals surface area (Å²) in [7, 11) is 8.62. The van der Waals surface area contributed by atoms with Gasteiger partial charge in [0, 0.05) is 14.1 Å². The van der Waals surface area contributed by atoms with Gasteiger partial charge in [0.2, 0.25) is 0 Å². The molecule has 0 saturated carbocycles. The van der Waals surface area contributed by atoms with E-state index in [0.717, 1.165) is 18.5 Å². The molecule has 1 fully saturated rings. The van der Waals surface area contributed by atoms with E-state index in [1.807, 2.05) is 0 Å². The van der Waals surface area contributed by atoms with Crippen molar-refractivity contribution in [3.8, 4) is 0 Å². The summed E-state index contributed by atoms with van der Waals surface area (Å²) in [5.74, 6) is 1.98. The van der Waals surface area contributed by atoms with Crippen LogP contribution in [0.15, 0.2) is 96.0 Å². The Kier molecular flexibility index (Phi) is 5.63. The Balaban J connectivity index is 1.57. The highest BCUT2D eigenvalue weighted by molar-refractivity contribution is 5.94. The Morgan fingerprint density at radius 3 is 1.55 bits per heavy atom. The molecule has 0 aromatic heterocycles. The highest BCUT2D eigenvalue weighted by atomic mass is 15.5. The number of hydrogen-bond acceptors (Lipinski definition) is 2. The van der Waals surface area contributed by atoms with Gasteiger partial charge in [-0.15, -0.1) is 0 Å². The van der Waals surface area contributed by atoms with Crippen LogP contribution in [0.3, 0.4) is 0 Å². The lowest BCUT2D eigenvalue weighted by atomic mass is 9.93. The van der Waals surface area contributed by atoms with Gasteiger partial charge in [-0.2, -0.15) is 0 Å². The molecule has 3 atom stereocenters. The average molecular weight is 439 g/mol. The number of guanidine groups is 2. The summed E-state index contributed by atoms with van der Waals surface area (Å²) in [5.41, 5.74) is 3.91. The molecule has 2 aliphatic rings. The molecule has 0 aliphatic carbocycles. The summed E-state index contributed by atoms with van der Waals surface area (Å²) in [6.07, 6.45) is 0. The zero-order chi connectivity index (χ0) is 22.9. The van der Waals surface area contributed by atoms with Crippen molar-refractivity contribution in [2.45, 2.75) is 18.1 Å². The molecule has 33 heavy (non-hydrogen) atoms. The van der Waals surface area contributed by atoms with Crippen molar-refractivity contribution in [2.75, 3.05) is 34.7 Å². The van der Waals surface area contributed by atoms with E-state index in [0.29, 0.717) is 6.04 Å². The summed E-state index contributed by atoms with van der Waals surface area (Å²) in [6.45, 7) is 0.921. The monoisotopic (exact) mass is 438 g/mol. The number of hydrogen-bond donors (Lipinski definition) is 0. The second kappa shape index (κ2) is 8.74. The molecule has 2 unspecified atom stereocenters. The molecule has 1 saturated heterocycles. The topological polar surface area (TPSA) is 25.1 Å². The maximum Gasteiger partial charge on any atom is 0.393 e. The SMILES string of the molecule is CN1CC(c2ccccc2)[N+](C)=C1/N=C1/N(C)C(c2ccccc2)[C@@H](c2ccccc2)N1C. The third kappa shape index (κ3) is 3.78. The first-order chi connectivity index (χ1) is 16.1. The first-order valence-electron chi connectivity index (χ1n) is 11.6. The number of nitrogens with zero attached hydrogens (tertiary/aromatic N) is 5.